The second-order valence-electron chi connectivity index (χ2n) is 3.43. The van der Waals surface area contributed by atoms with E-state index in [1.165, 1.54) is 6.20 Å². The van der Waals surface area contributed by atoms with Crippen molar-refractivity contribution in [1.29, 1.82) is 0 Å². The highest BCUT2D eigenvalue weighted by Crippen LogP contribution is 2.27. The van der Waals surface area contributed by atoms with Crippen LogP contribution in [0.25, 0.3) is 0 Å². The van der Waals surface area contributed by atoms with Gasteiger partial charge in [0.1, 0.15) is 5.25 Å². The van der Waals surface area contributed by atoms with E-state index in [1.807, 2.05) is 0 Å². The molecule has 1 aromatic heterocycles. The molecule has 78 valence electrons. The first-order chi connectivity index (χ1) is 6.43. The molecule has 0 aliphatic carbocycles. The number of rotatable bonds is 3. The standard InChI is InChI=1S/C9H13NO3S/c1-7(2)9(14(11,12)13)8-5-3-4-6-10-8/h3-7,9H,1-2H3,(H,11,12,13). The highest BCUT2D eigenvalue weighted by molar-refractivity contribution is 7.86. The van der Waals surface area contributed by atoms with Gasteiger partial charge in [0.05, 0.1) is 5.69 Å². The van der Waals surface area contributed by atoms with Crippen LogP contribution in [-0.4, -0.2) is 18.0 Å². The van der Waals surface area contributed by atoms with Crippen molar-refractivity contribution in [2.75, 3.05) is 0 Å². The van der Waals surface area contributed by atoms with Crippen molar-refractivity contribution >= 4 is 10.1 Å². The van der Waals surface area contributed by atoms with E-state index in [0.29, 0.717) is 5.69 Å². The van der Waals surface area contributed by atoms with E-state index in [-0.39, 0.29) is 5.92 Å². The molecule has 0 aromatic carbocycles. The zero-order valence-electron chi connectivity index (χ0n) is 8.08. The maximum atomic E-state index is 11.1. The lowest BCUT2D eigenvalue weighted by molar-refractivity contribution is 0.443. The minimum atomic E-state index is -4.08. The summed E-state index contributed by atoms with van der Waals surface area (Å²) in [6, 6.07) is 4.99. The first kappa shape index (κ1) is 11.1. The van der Waals surface area contributed by atoms with Gasteiger partial charge in [-0.3, -0.25) is 9.54 Å². The predicted molar refractivity (Wildman–Crippen MR) is 53.4 cm³/mol. The zero-order chi connectivity index (χ0) is 10.8. The molecule has 0 aliphatic rings. The second-order valence-corrected chi connectivity index (χ2v) is 4.97. The summed E-state index contributed by atoms with van der Waals surface area (Å²) in [5.41, 5.74) is 0.380. The Morgan fingerprint density at radius 1 is 1.36 bits per heavy atom. The van der Waals surface area contributed by atoms with Crippen molar-refractivity contribution in [3.8, 4) is 0 Å². The van der Waals surface area contributed by atoms with Crippen LogP contribution in [0.3, 0.4) is 0 Å². The summed E-state index contributed by atoms with van der Waals surface area (Å²) in [7, 11) is -4.08. The van der Waals surface area contributed by atoms with Gasteiger partial charge in [0.2, 0.25) is 0 Å². The van der Waals surface area contributed by atoms with Crippen LogP contribution in [0.1, 0.15) is 24.8 Å². The molecule has 1 rings (SSSR count). The molecule has 4 nitrogen and oxygen atoms in total. The third-order valence-electron chi connectivity index (χ3n) is 1.91. The van der Waals surface area contributed by atoms with Gasteiger partial charge in [0.25, 0.3) is 10.1 Å². The van der Waals surface area contributed by atoms with Crippen LogP contribution in [0, 0.1) is 5.92 Å². The van der Waals surface area contributed by atoms with E-state index >= 15 is 0 Å². The highest BCUT2D eigenvalue weighted by atomic mass is 32.2. The molecule has 5 heteroatoms. The van der Waals surface area contributed by atoms with E-state index in [1.54, 1.807) is 32.0 Å². The van der Waals surface area contributed by atoms with Gasteiger partial charge in [-0.2, -0.15) is 8.42 Å². The summed E-state index contributed by atoms with van der Waals surface area (Å²) >= 11 is 0. The van der Waals surface area contributed by atoms with Crippen molar-refractivity contribution in [2.45, 2.75) is 19.1 Å². The molecule has 0 fully saturated rings. The molecule has 0 spiro atoms. The van der Waals surface area contributed by atoms with Crippen LogP contribution in [0.4, 0.5) is 0 Å². The number of nitrogens with zero attached hydrogens (tertiary/aromatic N) is 1. The van der Waals surface area contributed by atoms with Crippen LogP contribution in [0.15, 0.2) is 24.4 Å². The molecule has 1 aromatic rings. The summed E-state index contributed by atoms with van der Waals surface area (Å²) in [6.07, 6.45) is 1.51. The van der Waals surface area contributed by atoms with Crippen molar-refractivity contribution in [2.24, 2.45) is 5.92 Å². The van der Waals surface area contributed by atoms with E-state index in [9.17, 15) is 8.42 Å². The molecule has 1 N–H and O–H groups in total. The monoisotopic (exact) mass is 215 g/mol. The van der Waals surface area contributed by atoms with Crippen molar-refractivity contribution in [1.82, 2.24) is 4.98 Å². The van der Waals surface area contributed by atoms with Gasteiger partial charge in [0.15, 0.2) is 0 Å². The average molecular weight is 215 g/mol. The Morgan fingerprint density at radius 2 is 2.00 bits per heavy atom. The lowest BCUT2D eigenvalue weighted by Gasteiger charge is -2.16. The lowest BCUT2D eigenvalue weighted by atomic mass is 10.1. The fraction of sp³-hybridized carbons (Fsp3) is 0.444. The Balaban J connectivity index is 3.15. The van der Waals surface area contributed by atoms with Gasteiger partial charge >= 0.3 is 0 Å². The Bertz CT molecular complexity index is 386. The number of aromatic nitrogens is 1. The number of hydrogen-bond acceptors (Lipinski definition) is 3. The summed E-state index contributed by atoms with van der Waals surface area (Å²) < 4.78 is 31.2. The average Bonchev–Trinajstić information content (AvgIpc) is 2.02. The fourth-order valence-corrected chi connectivity index (χ4v) is 2.51. The first-order valence-corrected chi connectivity index (χ1v) is 5.80. The van der Waals surface area contributed by atoms with Crippen molar-refractivity contribution in [3.05, 3.63) is 30.1 Å². The quantitative estimate of drug-likeness (QED) is 0.779. The summed E-state index contributed by atoms with van der Waals surface area (Å²) in [5, 5.41) is -0.941. The van der Waals surface area contributed by atoms with Crippen LogP contribution in [0.5, 0.6) is 0 Å². The molecular weight excluding hydrogens is 202 g/mol. The van der Waals surface area contributed by atoms with E-state index in [2.05, 4.69) is 4.98 Å². The minimum Gasteiger partial charge on any atom is -0.285 e. The van der Waals surface area contributed by atoms with Gasteiger partial charge < -0.3 is 0 Å². The van der Waals surface area contributed by atoms with Gasteiger partial charge in [0, 0.05) is 6.20 Å². The molecule has 14 heavy (non-hydrogen) atoms. The Kier molecular flexibility index (Phi) is 3.23. The maximum absolute atomic E-state index is 11.1. The zero-order valence-corrected chi connectivity index (χ0v) is 8.90. The third-order valence-corrected chi connectivity index (χ3v) is 3.33. The summed E-state index contributed by atoms with van der Waals surface area (Å²) in [5.74, 6) is -0.208. The van der Waals surface area contributed by atoms with Crippen LogP contribution < -0.4 is 0 Å². The molecule has 0 amide bonds. The van der Waals surface area contributed by atoms with E-state index in [0.717, 1.165) is 0 Å². The fourth-order valence-electron chi connectivity index (χ4n) is 1.38. The molecule has 0 saturated carbocycles. The Hall–Kier alpha value is -0.940. The van der Waals surface area contributed by atoms with Gasteiger partial charge in [-0.1, -0.05) is 19.9 Å². The lowest BCUT2D eigenvalue weighted by Crippen LogP contribution is -2.18. The Labute approximate surface area is 83.7 Å². The Morgan fingerprint density at radius 3 is 2.36 bits per heavy atom. The summed E-state index contributed by atoms with van der Waals surface area (Å²) in [4.78, 5) is 3.93. The first-order valence-electron chi connectivity index (χ1n) is 4.30. The number of hydrogen-bond donors (Lipinski definition) is 1. The van der Waals surface area contributed by atoms with E-state index in [4.69, 9.17) is 4.55 Å². The van der Waals surface area contributed by atoms with Crippen LogP contribution in [-0.2, 0) is 10.1 Å². The van der Waals surface area contributed by atoms with Crippen molar-refractivity contribution < 1.29 is 13.0 Å². The molecule has 0 bridgehead atoms. The molecule has 0 saturated heterocycles. The molecule has 1 atom stereocenters. The molecular formula is C9H13NO3S. The maximum Gasteiger partial charge on any atom is 0.273 e. The van der Waals surface area contributed by atoms with Gasteiger partial charge in [-0.15, -0.1) is 0 Å². The minimum absolute atomic E-state index is 0.208. The summed E-state index contributed by atoms with van der Waals surface area (Å²) in [6.45, 7) is 3.46. The van der Waals surface area contributed by atoms with Gasteiger partial charge in [-0.05, 0) is 18.1 Å². The highest BCUT2D eigenvalue weighted by Gasteiger charge is 2.29. The normalized spacial score (nSPS) is 14.3. The predicted octanol–water partition coefficient (Wildman–Crippen LogP) is 1.67. The topological polar surface area (TPSA) is 67.3 Å². The van der Waals surface area contributed by atoms with Crippen molar-refractivity contribution in [3.63, 3.8) is 0 Å². The smallest absolute Gasteiger partial charge is 0.273 e. The van der Waals surface area contributed by atoms with E-state index < -0.39 is 15.4 Å². The van der Waals surface area contributed by atoms with Crippen LogP contribution >= 0.6 is 0 Å². The molecule has 0 radical (unpaired) electrons. The second kappa shape index (κ2) is 4.06. The largest absolute Gasteiger partial charge is 0.285 e. The van der Waals surface area contributed by atoms with Crippen LogP contribution in [0.2, 0.25) is 0 Å². The third kappa shape index (κ3) is 2.52. The number of pyridine rings is 1. The molecule has 1 unspecified atom stereocenters. The SMILES string of the molecule is CC(C)C(c1ccccn1)S(=O)(=O)O. The van der Waals surface area contributed by atoms with Gasteiger partial charge in [-0.25, -0.2) is 0 Å². The molecule has 1 heterocycles. The molecule has 0 aliphatic heterocycles.